The van der Waals surface area contributed by atoms with Gasteiger partial charge in [0, 0.05) is 17.7 Å². The molecule has 1 aromatic heterocycles. The van der Waals surface area contributed by atoms with Crippen molar-refractivity contribution in [3.05, 3.63) is 46.6 Å². The molecule has 0 radical (unpaired) electrons. The molecule has 4 nitrogen and oxygen atoms in total. The van der Waals surface area contributed by atoms with E-state index in [9.17, 15) is 9.18 Å². The van der Waals surface area contributed by atoms with E-state index < -0.39 is 0 Å². The lowest BCUT2D eigenvalue weighted by Gasteiger charge is -2.08. The smallest absolute Gasteiger partial charge is 0.224 e. The highest BCUT2D eigenvalue weighted by Gasteiger charge is 2.12. The number of nitrogens with one attached hydrogen (secondary N) is 1. The van der Waals surface area contributed by atoms with E-state index >= 15 is 0 Å². The van der Waals surface area contributed by atoms with E-state index in [1.807, 2.05) is 20.8 Å². The molecule has 20 heavy (non-hydrogen) atoms. The number of carbonyl (C=O) groups is 1. The zero-order chi connectivity index (χ0) is 14.7. The third-order valence-corrected chi connectivity index (χ3v) is 3.26. The van der Waals surface area contributed by atoms with Gasteiger partial charge in [-0.3, -0.25) is 4.79 Å². The molecule has 0 fully saturated rings. The first-order valence-electron chi connectivity index (χ1n) is 6.45. The average Bonchev–Trinajstić information content (AvgIpc) is 2.71. The van der Waals surface area contributed by atoms with Crippen molar-refractivity contribution < 1.29 is 13.7 Å². The molecule has 0 aliphatic heterocycles. The summed E-state index contributed by atoms with van der Waals surface area (Å²) in [7, 11) is 0. The Morgan fingerprint density at radius 1 is 1.35 bits per heavy atom. The van der Waals surface area contributed by atoms with E-state index in [1.165, 1.54) is 12.1 Å². The second-order valence-corrected chi connectivity index (χ2v) is 4.81. The van der Waals surface area contributed by atoms with Gasteiger partial charge in [0.1, 0.15) is 11.6 Å². The number of halogens is 1. The summed E-state index contributed by atoms with van der Waals surface area (Å²) in [4.78, 5) is 11.9. The lowest BCUT2D eigenvalue weighted by atomic mass is 10.1. The number of rotatable bonds is 4. The summed E-state index contributed by atoms with van der Waals surface area (Å²) < 4.78 is 18.2. The monoisotopic (exact) mass is 276 g/mol. The molecule has 106 valence electrons. The molecule has 0 atom stereocenters. The van der Waals surface area contributed by atoms with Crippen molar-refractivity contribution in [2.45, 2.75) is 33.6 Å². The molecule has 1 heterocycles. The predicted octanol–water partition coefficient (Wildman–Crippen LogP) is 3.31. The normalized spacial score (nSPS) is 10.6. The Bertz CT molecular complexity index is 615. The lowest BCUT2D eigenvalue weighted by molar-refractivity contribution is -0.116. The molecular weight excluding hydrogens is 259 g/mol. The van der Waals surface area contributed by atoms with Crippen LogP contribution in [0.4, 0.5) is 10.1 Å². The first-order valence-corrected chi connectivity index (χ1v) is 6.45. The van der Waals surface area contributed by atoms with Crippen molar-refractivity contribution in [3.63, 3.8) is 0 Å². The molecule has 0 saturated heterocycles. The maximum Gasteiger partial charge on any atom is 0.224 e. The minimum Gasteiger partial charge on any atom is -0.361 e. The third kappa shape index (κ3) is 3.23. The minimum absolute atomic E-state index is 0.154. The van der Waals surface area contributed by atoms with E-state index in [1.54, 1.807) is 6.07 Å². The van der Waals surface area contributed by atoms with Crippen LogP contribution in [0.3, 0.4) is 0 Å². The van der Waals surface area contributed by atoms with Gasteiger partial charge in [-0.2, -0.15) is 0 Å². The topological polar surface area (TPSA) is 55.1 Å². The van der Waals surface area contributed by atoms with Gasteiger partial charge in [0.25, 0.3) is 0 Å². The Hall–Kier alpha value is -2.17. The van der Waals surface area contributed by atoms with Crippen molar-refractivity contribution in [1.29, 1.82) is 0 Å². The second kappa shape index (κ2) is 5.86. The van der Waals surface area contributed by atoms with E-state index in [-0.39, 0.29) is 11.7 Å². The molecule has 1 N–H and O–H groups in total. The Labute approximate surface area is 117 Å². The highest BCUT2D eigenvalue weighted by atomic mass is 19.1. The number of hydrogen-bond donors (Lipinski definition) is 1. The van der Waals surface area contributed by atoms with Gasteiger partial charge in [-0.15, -0.1) is 0 Å². The van der Waals surface area contributed by atoms with Crippen LogP contribution >= 0.6 is 0 Å². The number of nitrogens with zero attached hydrogens (tertiary/aromatic N) is 1. The van der Waals surface area contributed by atoms with Crippen molar-refractivity contribution in [1.82, 2.24) is 5.16 Å². The molecule has 0 bridgehead atoms. The molecule has 0 aliphatic rings. The minimum atomic E-state index is -0.364. The first kappa shape index (κ1) is 14.2. The number of aryl methyl sites for hydroxylation is 3. The summed E-state index contributed by atoms with van der Waals surface area (Å²) in [5.41, 5.74) is 3.10. The molecule has 2 rings (SSSR count). The summed E-state index contributed by atoms with van der Waals surface area (Å²) in [6, 6.07) is 4.33. The Kier molecular flexibility index (Phi) is 4.17. The number of amides is 1. The van der Waals surface area contributed by atoms with E-state index in [2.05, 4.69) is 10.5 Å². The molecule has 0 spiro atoms. The largest absolute Gasteiger partial charge is 0.361 e. The maximum atomic E-state index is 13.1. The van der Waals surface area contributed by atoms with Crippen LogP contribution in [-0.2, 0) is 11.2 Å². The van der Waals surface area contributed by atoms with Crippen molar-refractivity contribution in [2.75, 3.05) is 5.32 Å². The standard InChI is InChI=1S/C15H17FN2O2/c1-9-4-5-12(16)8-14(9)17-15(19)7-6-13-10(2)18-20-11(13)3/h4-5,8H,6-7H2,1-3H3,(H,17,19). The Morgan fingerprint density at radius 3 is 2.75 bits per heavy atom. The molecule has 0 aliphatic carbocycles. The molecule has 1 aromatic carbocycles. The van der Waals surface area contributed by atoms with Gasteiger partial charge in [0.05, 0.1) is 5.69 Å². The SMILES string of the molecule is Cc1ccc(F)cc1NC(=O)CCc1c(C)noc1C. The van der Waals surface area contributed by atoms with Crippen LogP contribution in [-0.4, -0.2) is 11.1 Å². The van der Waals surface area contributed by atoms with Gasteiger partial charge >= 0.3 is 0 Å². The van der Waals surface area contributed by atoms with E-state index in [0.29, 0.717) is 18.5 Å². The fraction of sp³-hybridized carbons (Fsp3) is 0.333. The molecule has 0 unspecified atom stereocenters. The molecule has 5 heteroatoms. The van der Waals surface area contributed by atoms with Gasteiger partial charge in [0.15, 0.2) is 0 Å². The summed E-state index contributed by atoms with van der Waals surface area (Å²) in [5, 5.41) is 6.57. The summed E-state index contributed by atoms with van der Waals surface area (Å²) in [6.07, 6.45) is 0.861. The van der Waals surface area contributed by atoms with Crippen LogP contribution in [0.2, 0.25) is 0 Å². The van der Waals surface area contributed by atoms with Crippen LogP contribution in [0.1, 0.15) is 29.0 Å². The maximum absolute atomic E-state index is 13.1. The van der Waals surface area contributed by atoms with Crippen LogP contribution in [0.5, 0.6) is 0 Å². The molecule has 0 saturated carbocycles. The first-order chi connectivity index (χ1) is 9.47. The third-order valence-electron chi connectivity index (χ3n) is 3.26. The van der Waals surface area contributed by atoms with Crippen LogP contribution in [0, 0.1) is 26.6 Å². The van der Waals surface area contributed by atoms with Gasteiger partial charge in [-0.25, -0.2) is 4.39 Å². The fourth-order valence-corrected chi connectivity index (χ4v) is 2.04. The zero-order valence-electron chi connectivity index (χ0n) is 11.8. The highest BCUT2D eigenvalue weighted by molar-refractivity contribution is 5.91. The number of hydrogen-bond acceptors (Lipinski definition) is 3. The quantitative estimate of drug-likeness (QED) is 0.932. The number of carbonyl (C=O) groups excluding carboxylic acids is 1. The van der Waals surface area contributed by atoms with Gasteiger partial charge in [-0.05, 0) is 44.9 Å². The lowest BCUT2D eigenvalue weighted by Crippen LogP contribution is -2.13. The van der Waals surface area contributed by atoms with Crippen LogP contribution in [0.15, 0.2) is 22.7 Å². The van der Waals surface area contributed by atoms with Gasteiger partial charge in [0.2, 0.25) is 5.91 Å². The van der Waals surface area contributed by atoms with Crippen LogP contribution in [0.25, 0.3) is 0 Å². The predicted molar refractivity (Wildman–Crippen MR) is 74.1 cm³/mol. The zero-order valence-corrected chi connectivity index (χ0v) is 11.8. The summed E-state index contributed by atoms with van der Waals surface area (Å²) >= 11 is 0. The van der Waals surface area contributed by atoms with Crippen molar-refractivity contribution >= 4 is 11.6 Å². The fourth-order valence-electron chi connectivity index (χ4n) is 2.04. The van der Waals surface area contributed by atoms with Crippen molar-refractivity contribution in [2.24, 2.45) is 0 Å². The molecular formula is C15H17FN2O2. The van der Waals surface area contributed by atoms with E-state index in [0.717, 1.165) is 22.6 Å². The average molecular weight is 276 g/mol. The van der Waals surface area contributed by atoms with E-state index in [4.69, 9.17) is 4.52 Å². The van der Waals surface area contributed by atoms with Crippen molar-refractivity contribution in [3.8, 4) is 0 Å². The summed E-state index contributed by atoms with van der Waals surface area (Å²) in [6.45, 7) is 5.49. The number of benzene rings is 1. The molecule has 1 amide bonds. The van der Waals surface area contributed by atoms with Gasteiger partial charge in [-0.1, -0.05) is 11.2 Å². The molecule has 2 aromatic rings. The summed E-state index contributed by atoms with van der Waals surface area (Å²) in [5.74, 6) is 0.215. The second-order valence-electron chi connectivity index (χ2n) is 4.81. The van der Waals surface area contributed by atoms with Crippen LogP contribution < -0.4 is 5.32 Å². The highest BCUT2D eigenvalue weighted by Crippen LogP contribution is 2.18. The van der Waals surface area contributed by atoms with Gasteiger partial charge < -0.3 is 9.84 Å². The Balaban J connectivity index is 1.98. The Morgan fingerprint density at radius 2 is 2.10 bits per heavy atom. The number of aromatic nitrogens is 1. The number of anilines is 1.